The largest absolute Gasteiger partial charge is 0.508 e. The number of aryl methyl sites for hydroxylation is 1. The van der Waals surface area contributed by atoms with Crippen LogP contribution in [0.4, 0.5) is 0 Å². The third-order valence-corrected chi connectivity index (χ3v) is 2.28. The first kappa shape index (κ1) is 12.8. The van der Waals surface area contributed by atoms with Crippen LogP contribution in [0, 0.1) is 5.92 Å². The maximum absolute atomic E-state index is 9.64. The lowest BCUT2D eigenvalue weighted by atomic mass is 10.1. The molecule has 0 radical (unpaired) electrons. The van der Waals surface area contributed by atoms with Crippen molar-refractivity contribution in [3.8, 4) is 11.5 Å². The van der Waals surface area contributed by atoms with E-state index < -0.39 is 0 Å². The minimum absolute atomic E-state index is 0.324. The first-order valence-electron chi connectivity index (χ1n) is 5.78. The standard InChI is InChI=1S/C13H21NO2/c1-10(2)9-16-12-5-6-13(15)11(8-12)4-3-7-14/h5-6,8,10,15H,3-4,7,9,14H2,1-2H3. The third-order valence-electron chi connectivity index (χ3n) is 2.28. The molecule has 90 valence electrons. The van der Waals surface area contributed by atoms with Gasteiger partial charge in [0, 0.05) is 0 Å². The molecule has 0 unspecified atom stereocenters. The summed E-state index contributed by atoms with van der Waals surface area (Å²) < 4.78 is 5.60. The van der Waals surface area contributed by atoms with E-state index >= 15 is 0 Å². The fraction of sp³-hybridized carbons (Fsp3) is 0.538. The average Bonchev–Trinajstić information content (AvgIpc) is 2.26. The number of rotatable bonds is 6. The van der Waals surface area contributed by atoms with Gasteiger partial charge in [0.05, 0.1) is 6.61 Å². The zero-order valence-corrected chi connectivity index (χ0v) is 10.1. The molecule has 3 heteroatoms. The molecule has 0 spiro atoms. The summed E-state index contributed by atoms with van der Waals surface area (Å²) in [5.74, 6) is 1.64. The molecule has 0 saturated heterocycles. The number of phenolic OH excluding ortho intramolecular Hbond substituents is 1. The fourth-order valence-electron chi connectivity index (χ4n) is 1.41. The minimum Gasteiger partial charge on any atom is -0.508 e. The Bertz CT molecular complexity index is 324. The predicted octanol–water partition coefficient (Wildman–Crippen LogP) is 2.32. The van der Waals surface area contributed by atoms with Gasteiger partial charge in [-0.2, -0.15) is 0 Å². The van der Waals surface area contributed by atoms with Gasteiger partial charge >= 0.3 is 0 Å². The average molecular weight is 223 g/mol. The summed E-state index contributed by atoms with van der Waals surface area (Å²) in [5, 5.41) is 9.64. The van der Waals surface area contributed by atoms with Gasteiger partial charge in [-0.3, -0.25) is 0 Å². The second kappa shape index (κ2) is 6.38. The van der Waals surface area contributed by atoms with Crippen molar-refractivity contribution in [2.45, 2.75) is 26.7 Å². The van der Waals surface area contributed by atoms with Crippen LogP contribution in [-0.2, 0) is 6.42 Å². The van der Waals surface area contributed by atoms with Crippen molar-refractivity contribution >= 4 is 0 Å². The van der Waals surface area contributed by atoms with Gasteiger partial charge in [-0.25, -0.2) is 0 Å². The van der Waals surface area contributed by atoms with Gasteiger partial charge in [-0.15, -0.1) is 0 Å². The predicted molar refractivity (Wildman–Crippen MR) is 65.8 cm³/mol. The van der Waals surface area contributed by atoms with Crippen molar-refractivity contribution in [1.82, 2.24) is 0 Å². The first-order chi connectivity index (χ1) is 7.63. The molecule has 1 aromatic rings. The lowest BCUT2D eigenvalue weighted by molar-refractivity contribution is 0.270. The van der Waals surface area contributed by atoms with Crippen molar-refractivity contribution < 1.29 is 9.84 Å². The summed E-state index contributed by atoms with van der Waals surface area (Å²) in [5.41, 5.74) is 6.36. The third kappa shape index (κ3) is 4.11. The van der Waals surface area contributed by atoms with E-state index in [2.05, 4.69) is 13.8 Å². The van der Waals surface area contributed by atoms with Crippen molar-refractivity contribution in [3.63, 3.8) is 0 Å². The van der Waals surface area contributed by atoms with Gasteiger partial charge in [-0.05, 0) is 49.1 Å². The van der Waals surface area contributed by atoms with E-state index in [1.807, 2.05) is 6.07 Å². The molecule has 0 amide bonds. The molecule has 16 heavy (non-hydrogen) atoms. The Kier molecular flexibility index (Phi) is 5.12. The molecule has 0 aliphatic rings. The lowest BCUT2D eigenvalue weighted by Gasteiger charge is -2.11. The van der Waals surface area contributed by atoms with Crippen LogP contribution in [-0.4, -0.2) is 18.3 Å². The molecule has 0 fully saturated rings. The molecule has 0 bridgehead atoms. The summed E-state index contributed by atoms with van der Waals surface area (Å²) in [6.07, 6.45) is 1.67. The molecule has 1 rings (SSSR count). The molecule has 3 N–H and O–H groups in total. The van der Waals surface area contributed by atoms with Gasteiger partial charge in [0.2, 0.25) is 0 Å². The summed E-state index contributed by atoms with van der Waals surface area (Å²) in [4.78, 5) is 0. The second-order valence-electron chi connectivity index (χ2n) is 4.39. The number of ether oxygens (including phenoxy) is 1. The SMILES string of the molecule is CC(C)COc1ccc(O)c(CCCN)c1. The fourth-order valence-corrected chi connectivity index (χ4v) is 1.41. The van der Waals surface area contributed by atoms with Crippen LogP contribution in [0.3, 0.4) is 0 Å². The Morgan fingerprint density at radius 1 is 1.38 bits per heavy atom. The van der Waals surface area contributed by atoms with E-state index in [0.717, 1.165) is 24.2 Å². The number of phenols is 1. The Hall–Kier alpha value is -1.22. The minimum atomic E-state index is 0.324. The topological polar surface area (TPSA) is 55.5 Å². The van der Waals surface area contributed by atoms with Crippen LogP contribution in [0.1, 0.15) is 25.8 Å². The smallest absolute Gasteiger partial charge is 0.119 e. The van der Waals surface area contributed by atoms with E-state index in [0.29, 0.717) is 24.8 Å². The maximum atomic E-state index is 9.64. The summed E-state index contributed by atoms with van der Waals surface area (Å²) in [6, 6.07) is 5.37. The van der Waals surface area contributed by atoms with Crippen LogP contribution in [0.2, 0.25) is 0 Å². The van der Waals surface area contributed by atoms with Gasteiger partial charge in [0.1, 0.15) is 11.5 Å². The van der Waals surface area contributed by atoms with Crippen molar-refractivity contribution in [2.24, 2.45) is 11.7 Å². The molecule has 1 aromatic carbocycles. The molecular formula is C13H21NO2. The molecule has 0 aliphatic carbocycles. The number of hydrogen-bond donors (Lipinski definition) is 2. The molecule has 0 heterocycles. The number of benzene rings is 1. The normalized spacial score (nSPS) is 10.8. The summed E-state index contributed by atoms with van der Waals surface area (Å²) in [7, 11) is 0. The monoisotopic (exact) mass is 223 g/mol. The molecular weight excluding hydrogens is 202 g/mol. The Balaban J connectivity index is 2.65. The molecule has 0 aliphatic heterocycles. The van der Waals surface area contributed by atoms with E-state index in [4.69, 9.17) is 10.5 Å². The summed E-state index contributed by atoms with van der Waals surface area (Å²) in [6.45, 7) is 5.54. The van der Waals surface area contributed by atoms with Gasteiger partial charge < -0.3 is 15.6 Å². The Morgan fingerprint density at radius 2 is 2.12 bits per heavy atom. The highest BCUT2D eigenvalue weighted by Crippen LogP contribution is 2.24. The highest BCUT2D eigenvalue weighted by molar-refractivity contribution is 5.39. The van der Waals surface area contributed by atoms with Crippen LogP contribution in [0.15, 0.2) is 18.2 Å². The molecule has 0 atom stereocenters. The first-order valence-corrected chi connectivity index (χ1v) is 5.78. The maximum Gasteiger partial charge on any atom is 0.119 e. The zero-order valence-electron chi connectivity index (χ0n) is 10.1. The highest BCUT2D eigenvalue weighted by Gasteiger charge is 2.04. The molecule has 0 saturated carbocycles. The van der Waals surface area contributed by atoms with Crippen LogP contribution in [0.25, 0.3) is 0 Å². The van der Waals surface area contributed by atoms with Crippen molar-refractivity contribution in [1.29, 1.82) is 0 Å². The lowest BCUT2D eigenvalue weighted by Crippen LogP contribution is -2.05. The number of aromatic hydroxyl groups is 1. The molecule has 3 nitrogen and oxygen atoms in total. The van der Waals surface area contributed by atoms with Crippen LogP contribution >= 0.6 is 0 Å². The van der Waals surface area contributed by atoms with Crippen LogP contribution in [0.5, 0.6) is 11.5 Å². The Labute approximate surface area is 97.2 Å². The molecule has 0 aromatic heterocycles. The number of nitrogens with two attached hydrogens (primary N) is 1. The zero-order chi connectivity index (χ0) is 12.0. The van der Waals surface area contributed by atoms with E-state index in [9.17, 15) is 5.11 Å². The van der Waals surface area contributed by atoms with E-state index in [-0.39, 0.29) is 0 Å². The quantitative estimate of drug-likeness (QED) is 0.778. The van der Waals surface area contributed by atoms with E-state index in [1.165, 1.54) is 0 Å². The number of hydrogen-bond acceptors (Lipinski definition) is 3. The highest BCUT2D eigenvalue weighted by atomic mass is 16.5. The van der Waals surface area contributed by atoms with Gasteiger partial charge in [0.15, 0.2) is 0 Å². The van der Waals surface area contributed by atoms with Gasteiger partial charge in [0.25, 0.3) is 0 Å². The van der Waals surface area contributed by atoms with Crippen molar-refractivity contribution in [2.75, 3.05) is 13.2 Å². The van der Waals surface area contributed by atoms with Crippen molar-refractivity contribution in [3.05, 3.63) is 23.8 Å². The second-order valence-corrected chi connectivity index (χ2v) is 4.39. The van der Waals surface area contributed by atoms with Crippen LogP contribution < -0.4 is 10.5 Å². The van der Waals surface area contributed by atoms with Gasteiger partial charge in [-0.1, -0.05) is 13.8 Å². The summed E-state index contributed by atoms with van der Waals surface area (Å²) >= 11 is 0. The Morgan fingerprint density at radius 3 is 2.75 bits per heavy atom. The van der Waals surface area contributed by atoms with E-state index in [1.54, 1.807) is 12.1 Å².